The van der Waals surface area contributed by atoms with Crippen molar-refractivity contribution in [1.82, 2.24) is 0 Å². The average molecular weight is 340 g/mol. The van der Waals surface area contributed by atoms with Crippen LogP contribution in [-0.4, -0.2) is 32.7 Å². The summed E-state index contributed by atoms with van der Waals surface area (Å²) in [6.45, 7) is 0. The number of aromatic hydroxyl groups is 1. The number of phenolic OH excluding ortho intramolecular Hbond substituents is 1. The molecule has 1 aliphatic carbocycles. The van der Waals surface area contributed by atoms with Crippen LogP contribution in [0.4, 0.5) is 0 Å². The second-order valence-corrected chi connectivity index (χ2v) is 5.85. The van der Waals surface area contributed by atoms with Crippen LogP contribution in [-0.2, 0) is 11.2 Å². The van der Waals surface area contributed by atoms with E-state index in [-0.39, 0.29) is 11.7 Å². The molecule has 0 radical (unpaired) electrons. The van der Waals surface area contributed by atoms with Crippen LogP contribution in [0.5, 0.6) is 23.0 Å². The highest BCUT2D eigenvalue weighted by atomic mass is 16.5. The molecule has 0 aromatic heterocycles. The number of methoxy groups -OCH3 is 3. The third kappa shape index (κ3) is 3.05. The Hall–Kier alpha value is -2.95. The lowest BCUT2D eigenvalue weighted by Crippen LogP contribution is -1.99. The van der Waals surface area contributed by atoms with Crippen molar-refractivity contribution in [3.8, 4) is 23.0 Å². The smallest absolute Gasteiger partial charge is 0.203 e. The minimum absolute atomic E-state index is 0.166. The Balaban J connectivity index is 2.05. The van der Waals surface area contributed by atoms with E-state index in [1.54, 1.807) is 33.5 Å². The van der Waals surface area contributed by atoms with E-state index in [0.29, 0.717) is 23.7 Å². The Bertz CT molecular complexity index is 813. The molecule has 1 aliphatic rings. The summed E-state index contributed by atoms with van der Waals surface area (Å²) in [6.07, 6.45) is 3.53. The summed E-state index contributed by atoms with van der Waals surface area (Å²) in [5.41, 5.74) is 3.72. The molecule has 1 atom stereocenters. The summed E-state index contributed by atoms with van der Waals surface area (Å²) < 4.78 is 16.1. The lowest BCUT2D eigenvalue weighted by molar-refractivity contribution is -0.108. The molecule has 1 N–H and O–H groups in total. The SMILES string of the molecule is COc1cc(/C=C2\Cc3ccc(O)cc3C2C=O)cc(OC)c1OC. The Labute approximate surface area is 146 Å². The van der Waals surface area contributed by atoms with Gasteiger partial charge in [-0.05, 0) is 47.4 Å². The van der Waals surface area contributed by atoms with E-state index in [1.807, 2.05) is 24.3 Å². The largest absolute Gasteiger partial charge is 0.508 e. The van der Waals surface area contributed by atoms with Crippen LogP contribution in [0, 0.1) is 0 Å². The fourth-order valence-electron chi connectivity index (χ4n) is 3.26. The number of aldehydes is 1. The Morgan fingerprint density at radius 1 is 1.04 bits per heavy atom. The lowest BCUT2D eigenvalue weighted by Gasteiger charge is -2.13. The highest BCUT2D eigenvalue weighted by molar-refractivity contribution is 5.77. The summed E-state index contributed by atoms with van der Waals surface area (Å²) in [5, 5.41) is 9.70. The maximum atomic E-state index is 11.6. The highest BCUT2D eigenvalue weighted by Crippen LogP contribution is 2.42. The zero-order valence-corrected chi connectivity index (χ0v) is 14.4. The van der Waals surface area contributed by atoms with Crippen molar-refractivity contribution >= 4 is 12.4 Å². The molecule has 3 rings (SSSR count). The molecule has 2 aromatic carbocycles. The minimum atomic E-state index is -0.360. The molecule has 0 fully saturated rings. The minimum Gasteiger partial charge on any atom is -0.508 e. The molecular weight excluding hydrogens is 320 g/mol. The van der Waals surface area contributed by atoms with Gasteiger partial charge in [0.1, 0.15) is 12.0 Å². The number of fused-ring (bicyclic) bond motifs is 1. The van der Waals surface area contributed by atoms with Crippen molar-refractivity contribution in [2.75, 3.05) is 21.3 Å². The van der Waals surface area contributed by atoms with Crippen LogP contribution in [0.25, 0.3) is 6.08 Å². The zero-order valence-electron chi connectivity index (χ0n) is 14.4. The van der Waals surface area contributed by atoms with E-state index in [4.69, 9.17) is 14.2 Å². The van der Waals surface area contributed by atoms with E-state index >= 15 is 0 Å². The predicted octanol–water partition coefficient (Wildman–Crippen LogP) is 3.34. The quantitative estimate of drug-likeness (QED) is 0.846. The molecule has 2 aromatic rings. The zero-order chi connectivity index (χ0) is 18.0. The molecule has 1 unspecified atom stereocenters. The number of hydrogen-bond acceptors (Lipinski definition) is 5. The first-order valence-corrected chi connectivity index (χ1v) is 7.88. The van der Waals surface area contributed by atoms with Crippen LogP contribution in [0.2, 0.25) is 0 Å². The van der Waals surface area contributed by atoms with Gasteiger partial charge in [-0.1, -0.05) is 17.7 Å². The van der Waals surface area contributed by atoms with E-state index in [2.05, 4.69) is 0 Å². The average Bonchev–Trinajstić information content (AvgIpc) is 2.96. The van der Waals surface area contributed by atoms with Gasteiger partial charge in [-0.15, -0.1) is 0 Å². The number of carbonyl (C=O) groups is 1. The maximum Gasteiger partial charge on any atom is 0.203 e. The van der Waals surface area contributed by atoms with Crippen molar-refractivity contribution in [3.63, 3.8) is 0 Å². The van der Waals surface area contributed by atoms with Gasteiger partial charge in [0.15, 0.2) is 11.5 Å². The first kappa shape index (κ1) is 16.9. The maximum absolute atomic E-state index is 11.6. The number of allylic oxidation sites excluding steroid dienone is 1. The van der Waals surface area contributed by atoms with Crippen molar-refractivity contribution in [3.05, 3.63) is 52.6 Å². The first-order chi connectivity index (χ1) is 12.1. The Morgan fingerprint density at radius 3 is 2.28 bits per heavy atom. The van der Waals surface area contributed by atoms with Gasteiger partial charge in [0.2, 0.25) is 5.75 Å². The van der Waals surface area contributed by atoms with E-state index < -0.39 is 0 Å². The van der Waals surface area contributed by atoms with E-state index in [1.165, 1.54) is 0 Å². The molecule has 0 aliphatic heterocycles. The number of hydrogen-bond donors (Lipinski definition) is 1. The van der Waals surface area contributed by atoms with Crippen molar-refractivity contribution < 1.29 is 24.1 Å². The van der Waals surface area contributed by atoms with Crippen LogP contribution >= 0.6 is 0 Å². The summed E-state index contributed by atoms with van der Waals surface area (Å²) >= 11 is 0. The van der Waals surface area contributed by atoms with Crippen molar-refractivity contribution in [2.45, 2.75) is 12.3 Å². The Morgan fingerprint density at radius 2 is 1.72 bits per heavy atom. The summed E-state index contributed by atoms with van der Waals surface area (Å²) in [5.74, 6) is 1.45. The van der Waals surface area contributed by atoms with Crippen LogP contribution in [0.15, 0.2) is 35.9 Å². The fraction of sp³-hybridized carbons (Fsp3) is 0.250. The second-order valence-electron chi connectivity index (χ2n) is 5.85. The lowest BCUT2D eigenvalue weighted by atomic mass is 9.97. The molecule has 0 saturated heterocycles. The van der Waals surface area contributed by atoms with E-state index in [9.17, 15) is 9.90 Å². The van der Waals surface area contributed by atoms with Gasteiger partial charge < -0.3 is 24.1 Å². The number of carbonyl (C=O) groups excluding carboxylic acids is 1. The third-order valence-electron chi connectivity index (χ3n) is 4.43. The van der Waals surface area contributed by atoms with Crippen molar-refractivity contribution in [1.29, 1.82) is 0 Å². The molecule has 0 spiro atoms. The van der Waals surface area contributed by atoms with Gasteiger partial charge in [0, 0.05) is 0 Å². The van der Waals surface area contributed by atoms with Crippen LogP contribution < -0.4 is 14.2 Å². The standard InChI is InChI=1S/C20H20O5/c1-23-18-7-12(8-19(24-2)20(18)25-3)6-14-9-13-4-5-15(22)10-16(13)17(14)11-21/h4-8,10-11,17,22H,9H2,1-3H3/b14-6+. The number of benzene rings is 2. The molecule has 25 heavy (non-hydrogen) atoms. The summed E-state index contributed by atoms with van der Waals surface area (Å²) in [6, 6.07) is 8.85. The van der Waals surface area contributed by atoms with Gasteiger partial charge >= 0.3 is 0 Å². The van der Waals surface area contributed by atoms with Gasteiger partial charge in [-0.3, -0.25) is 0 Å². The molecule has 0 amide bonds. The molecule has 0 saturated carbocycles. The van der Waals surface area contributed by atoms with Crippen LogP contribution in [0.3, 0.4) is 0 Å². The van der Waals surface area contributed by atoms with Gasteiger partial charge in [-0.2, -0.15) is 0 Å². The first-order valence-electron chi connectivity index (χ1n) is 7.88. The fourth-order valence-corrected chi connectivity index (χ4v) is 3.26. The summed E-state index contributed by atoms with van der Waals surface area (Å²) in [7, 11) is 4.69. The molecular formula is C20H20O5. The van der Waals surface area contributed by atoms with Gasteiger partial charge in [0.25, 0.3) is 0 Å². The van der Waals surface area contributed by atoms with Gasteiger partial charge in [-0.25, -0.2) is 0 Å². The molecule has 0 heterocycles. The molecule has 130 valence electrons. The molecule has 0 bridgehead atoms. The summed E-state index contributed by atoms with van der Waals surface area (Å²) in [4.78, 5) is 11.6. The normalized spacial score (nSPS) is 17.2. The van der Waals surface area contributed by atoms with E-state index in [0.717, 1.165) is 28.5 Å². The monoisotopic (exact) mass is 340 g/mol. The highest BCUT2D eigenvalue weighted by Gasteiger charge is 2.27. The van der Waals surface area contributed by atoms with Gasteiger partial charge in [0.05, 0.1) is 27.2 Å². The van der Waals surface area contributed by atoms with Crippen molar-refractivity contribution in [2.24, 2.45) is 0 Å². The van der Waals surface area contributed by atoms with Crippen LogP contribution in [0.1, 0.15) is 22.6 Å². The third-order valence-corrected chi connectivity index (χ3v) is 4.43. The Kier molecular flexibility index (Phi) is 4.65. The topological polar surface area (TPSA) is 65.0 Å². The molecule has 5 heteroatoms. The number of rotatable bonds is 5. The number of ether oxygens (including phenoxy) is 3. The second kappa shape index (κ2) is 6.89. The molecule has 5 nitrogen and oxygen atoms in total. The predicted molar refractivity (Wildman–Crippen MR) is 94.7 cm³/mol. The number of phenols is 1.